The molecule has 1 aromatic heterocycles. The summed E-state index contributed by atoms with van der Waals surface area (Å²) in [4.78, 5) is 26.0. The van der Waals surface area contributed by atoms with Gasteiger partial charge in [-0.1, -0.05) is 42.5 Å². The molecule has 4 rings (SSSR count). The van der Waals surface area contributed by atoms with E-state index in [1.165, 1.54) is 17.7 Å². The van der Waals surface area contributed by atoms with Gasteiger partial charge >= 0.3 is 0 Å². The second-order valence-electron chi connectivity index (χ2n) is 9.42. The molecule has 0 radical (unpaired) electrons. The van der Waals surface area contributed by atoms with Gasteiger partial charge in [-0.2, -0.15) is 15.0 Å². The van der Waals surface area contributed by atoms with Gasteiger partial charge in [-0.3, -0.25) is 4.79 Å². The lowest BCUT2D eigenvalue weighted by Crippen LogP contribution is -2.27. The van der Waals surface area contributed by atoms with Gasteiger partial charge in [-0.25, -0.2) is 4.39 Å². The van der Waals surface area contributed by atoms with Crippen LogP contribution in [-0.2, 0) is 22.4 Å². The number of nitrogens with two attached hydrogens (primary N) is 1. The predicted molar refractivity (Wildman–Crippen MR) is 165 cm³/mol. The van der Waals surface area contributed by atoms with Gasteiger partial charge in [0.05, 0.1) is 26.4 Å². The lowest BCUT2D eigenvalue weighted by Gasteiger charge is -2.12. The average Bonchev–Trinajstić information content (AvgIpc) is 3.03. The standard InChI is InChI=1S/C31H37FN8O3/c32-26-10-6-24(7-11-26)22-36-30-38-29(35-16-14-23-4-2-1-3-5-23)39-31(40-30)37-27-12-8-25(9-13-27)28(41)34-17-19-43-21-20-42-18-15-33/h1-13H,14-22,33H2,(H,34,41)(H3,35,36,37,38,39,40). The Morgan fingerprint density at radius 3 is 2.12 bits per heavy atom. The lowest BCUT2D eigenvalue weighted by atomic mass is 10.1. The summed E-state index contributed by atoms with van der Waals surface area (Å²) in [6.45, 7) is 3.69. The first-order valence-electron chi connectivity index (χ1n) is 14.1. The molecule has 0 unspecified atom stereocenters. The van der Waals surface area contributed by atoms with Crippen LogP contribution in [0.1, 0.15) is 21.5 Å². The third-order valence-electron chi connectivity index (χ3n) is 6.11. The molecule has 0 saturated carbocycles. The average molecular weight is 589 g/mol. The zero-order valence-corrected chi connectivity index (χ0v) is 23.9. The molecular formula is C31H37FN8O3. The number of nitrogens with zero attached hydrogens (tertiary/aromatic N) is 3. The van der Waals surface area contributed by atoms with Gasteiger partial charge in [-0.05, 0) is 53.9 Å². The Labute approximate surface area is 250 Å². The summed E-state index contributed by atoms with van der Waals surface area (Å²) in [5, 5.41) is 12.5. The van der Waals surface area contributed by atoms with Crippen molar-refractivity contribution in [1.29, 1.82) is 0 Å². The van der Waals surface area contributed by atoms with Gasteiger partial charge < -0.3 is 36.5 Å². The summed E-state index contributed by atoms with van der Waals surface area (Å²) < 4.78 is 24.0. The molecule has 12 heteroatoms. The summed E-state index contributed by atoms with van der Waals surface area (Å²) in [6.07, 6.45) is 0.798. The molecule has 11 nitrogen and oxygen atoms in total. The van der Waals surface area contributed by atoms with Crippen LogP contribution in [0, 0.1) is 5.82 Å². The van der Waals surface area contributed by atoms with Crippen LogP contribution in [0.15, 0.2) is 78.9 Å². The lowest BCUT2D eigenvalue weighted by molar-refractivity contribution is 0.0511. The fraction of sp³-hybridized carbons (Fsp3) is 0.290. The number of halogens is 1. The molecule has 43 heavy (non-hydrogen) atoms. The zero-order chi connectivity index (χ0) is 30.1. The molecule has 0 saturated heterocycles. The molecule has 226 valence electrons. The van der Waals surface area contributed by atoms with Crippen LogP contribution in [0.25, 0.3) is 0 Å². The molecular weight excluding hydrogens is 551 g/mol. The highest BCUT2D eigenvalue weighted by atomic mass is 19.1. The number of aromatic nitrogens is 3. The van der Waals surface area contributed by atoms with Crippen LogP contribution in [-0.4, -0.2) is 66.9 Å². The highest BCUT2D eigenvalue weighted by Crippen LogP contribution is 2.17. The minimum absolute atomic E-state index is 0.202. The summed E-state index contributed by atoms with van der Waals surface area (Å²) in [5.74, 6) is 0.584. The number of ether oxygens (including phenoxy) is 2. The molecule has 0 aliphatic rings. The highest BCUT2D eigenvalue weighted by Gasteiger charge is 2.09. The number of nitrogens with one attached hydrogen (secondary N) is 4. The number of hydrogen-bond acceptors (Lipinski definition) is 10. The number of hydrogen-bond donors (Lipinski definition) is 5. The third-order valence-corrected chi connectivity index (χ3v) is 6.11. The quantitative estimate of drug-likeness (QED) is 0.109. The molecule has 1 amide bonds. The maximum atomic E-state index is 13.3. The zero-order valence-electron chi connectivity index (χ0n) is 23.9. The van der Waals surface area contributed by atoms with Crippen molar-refractivity contribution in [2.24, 2.45) is 5.73 Å². The normalized spacial score (nSPS) is 10.7. The third kappa shape index (κ3) is 11.3. The largest absolute Gasteiger partial charge is 0.378 e. The van der Waals surface area contributed by atoms with Crippen molar-refractivity contribution in [2.75, 3.05) is 62.0 Å². The summed E-state index contributed by atoms with van der Waals surface area (Å²) in [6, 6.07) is 23.3. The number of anilines is 4. The minimum atomic E-state index is -0.293. The van der Waals surface area contributed by atoms with E-state index in [0.29, 0.717) is 81.7 Å². The second-order valence-corrected chi connectivity index (χ2v) is 9.42. The van der Waals surface area contributed by atoms with E-state index in [-0.39, 0.29) is 11.7 Å². The molecule has 4 aromatic rings. The van der Waals surface area contributed by atoms with Gasteiger partial charge in [0, 0.05) is 37.4 Å². The first-order chi connectivity index (χ1) is 21.1. The van der Waals surface area contributed by atoms with Crippen LogP contribution in [0.5, 0.6) is 0 Å². The van der Waals surface area contributed by atoms with E-state index in [4.69, 9.17) is 15.2 Å². The Balaban J connectivity index is 1.34. The molecule has 6 N–H and O–H groups in total. The number of carbonyl (C=O) groups is 1. The molecule has 1 heterocycles. The van der Waals surface area contributed by atoms with Crippen LogP contribution in [0.3, 0.4) is 0 Å². The Morgan fingerprint density at radius 1 is 0.721 bits per heavy atom. The van der Waals surface area contributed by atoms with Crippen molar-refractivity contribution in [3.05, 3.63) is 101 Å². The SMILES string of the molecule is NCCOCCOCCNC(=O)c1ccc(Nc2nc(NCCc3ccccc3)nc(NCc3ccc(F)cc3)n2)cc1. The monoisotopic (exact) mass is 588 g/mol. The Hall–Kier alpha value is -4.65. The van der Waals surface area contributed by atoms with Crippen molar-refractivity contribution in [1.82, 2.24) is 20.3 Å². The van der Waals surface area contributed by atoms with Gasteiger partial charge in [0.1, 0.15) is 5.82 Å². The second kappa shape index (κ2) is 17.3. The van der Waals surface area contributed by atoms with E-state index in [9.17, 15) is 9.18 Å². The van der Waals surface area contributed by atoms with Crippen molar-refractivity contribution in [2.45, 2.75) is 13.0 Å². The summed E-state index contributed by atoms with van der Waals surface area (Å²) >= 11 is 0. The number of rotatable bonds is 18. The van der Waals surface area contributed by atoms with Gasteiger partial charge in [-0.15, -0.1) is 0 Å². The fourth-order valence-electron chi connectivity index (χ4n) is 3.91. The molecule has 0 fully saturated rings. The summed E-state index contributed by atoms with van der Waals surface area (Å²) in [7, 11) is 0. The molecule has 0 aliphatic carbocycles. The van der Waals surface area contributed by atoms with Crippen molar-refractivity contribution < 1.29 is 18.7 Å². The van der Waals surface area contributed by atoms with Crippen molar-refractivity contribution in [3.63, 3.8) is 0 Å². The number of amides is 1. The van der Waals surface area contributed by atoms with Crippen molar-refractivity contribution in [3.8, 4) is 0 Å². The van der Waals surface area contributed by atoms with Crippen molar-refractivity contribution >= 4 is 29.4 Å². The van der Waals surface area contributed by atoms with Crippen LogP contribution in [0.2, 0.25) is 0 Å². The highest BCUT2D eigenvalue weighted by molar-refractivity contribution is 5.94. The van der Waals surface area contributed by atoms with E-state index in [1.54, 1.807) is 36.4 Å². The van der Waals surface area contributed by atoms with Crippen LogP contribution < -0.4 is 27.0 Å². The molecule has 0 aliphatic heterocycles. The first-order valence-corrected chi connectivity index (χ1v) is 14.1. The van der Waals surface area contributed by atoms with Gasteiger partial charge in [0.15, 0.2) is 0 Å². The van der Waals surface area contributed by atoms with E-state index in [1.807, 2.05) is 18.2 Å². The molecule has 0 spiro atoms. The van der Waals surface area contributed by atoms with E-state index in [0.717, 1.165) is 12.0 Å². The van der Waals surface area contributed by atoms with Gasteiger partial charge in [0.2, 0.25) is 17.8 Å². The molecule has 3 aromatic carbocycles. The topological polar surface area (TPSA) is 148 Å². The van der Waals surface area contributed by atoms with E-state index < -0.39 is 0 Å². The summed E-state index contributed by atoms with van der Waals surface area (Å²) in [5.41, 5.74) is 8.65. The smallest absolute Gasteiger partial charge is 0.251 e. The molecule has 0 bridgehead atoms. The predicted octanol–water partition coefficient (Wildman–Crippen LogP) is 3.74. The first kappa shape index (κ1) is 31.3. The maximum absolute atomic E-state index is 13.3. The van der Waals surface area contributed by atoms with Crippen LogP contribution in [0.4, 0.5) is 27.9 Å². The van der Waals surface area contributed by atoms with Gasteiger partial charge in [0.25, 0.3) is 5.91 Å². The van der Waals surface area contributed by atoms with E-state index in [2.05, 4.69) is 48.4 Å². The Kier molecular flexibility index (Phi) is 12.6. The Bertz CT molecular complexity index is 1390. The maximum Gasteiger partial charge on any atom is 0.251 e. The number of benzene rings is 3. The fourth-order valence-corrected chi connectivity index (χ4v) is 3.91. The van der Waals surface area contributed by atoms with E-state index >= 15 is 0 Å². The minimum Gasteiger partial charge on any atom is -0.378 e. The molecule has 0 atom stereocenters. The van der Waals surface area contributed by atoms with Crippen LogP contribution >= 0.6 is 0 Å². The Morgan fingerprint density at radius 2 is 1.40 bits per heavy atom. The number of carbonyl (C=O) groups excluding carboxylic acids is 1.